The van der Waals surface area contributed by atoms with Crippen molar-refractivity contribution in [3.05, 3.63) is 0 Å². The highest BCUT2D eigenvalue weighted by molar-refractivity contribution is 5.62. The van der Waals surface area contributed by atoms with Crippen molar-refractivity contribution >= 4 is 6.16 Å². The van der Waals surface area contributed by atoms with Crippen LogP contribution in [0, 0.1) is 0 Å². The van der Waals surface area contributed by atoms with Crippen molar-refractivity contribution in [3.8, 4) is 0 Å². The van der Waals surface area contributed by atoms with Gasteiger partial charge in [0, 0.05) is 0 Å². The number of hydrogen-bond donors (Lipinski definition) is 0. The van der Waals surface area contributed by atoms with Crippen molar-refractivity contribution in [2.24, 2.45) is 0 Å². The number of halogens is 2. The van der Waals surface area contributed by atoms with Gasteiger partial charge >= 0.3 is 6.16 Å². The van der Waals surface area contributed by atoms with Crippen molar-refractivity contribution in [2.45, 2.75) is 5.60 Å². The zero-order valence-corrected chi connectivity index (χ0v) is 5.10. The molecule has 1 heterocycles. The topological polar surface area (TPSA) is 35.5 Å². The van der Waals surface area contributed by atoms with Crippen LogP contribution in [0.4, 0.5) is 13.6 Å². The molecule has 0 bridgehead atoms. The summed E-state index contributed by atoms with van der Waals surface area (Å²) in [6.45, 7) is -2.43. The largest absolute Gasteiger partial charge is 0.509 e. The van der Waals surface area contributed by atoms with Gasteiger partial charge < -0.3 is 9.47 Å². The number of hydrogen-bond acceptors (Lipinski definition) is 3. The van der Waals surface area contributed by atoms with E-state index in [1.807, 2.05) is 0 Å². The van der Waals surface area contributed by atoms with E-state index in [1.54, 1.807) is 0 Å². The summed E-state index contributed by atoms with van der Waals surface area (Å²) in [7, 11) is 0. The standard InChI is InChI=1S/C5H6F2O3/c6-1-5(2-7)3-9-4(8)10-5/h1-3H2. The third-order valence-electron chi connectivity index (χ3n) is 1.24. The molecule has 5 heteroatoms. The minimum atomic E-state index is -1.66. The molecule has 10 heavy (non-hydrogen) atoms. The Morgan fingerprint density at radius 2 is 2.10 bits per heavy atom. The van der Waals surface area contributed by atoms with Gasteiger partial charge in [-0.2, -0.15) is 0 Å². The van der Waals surface area contributed by atoms with Crippen LogP contribution in [0.3, 0.4) is 0 Å². The number of carbonyl (C=O) groups excluding carboxylic acids is 1. The Hall–Kier alpha value is -0.870. The Morgan fingerprint density at radius 3 is 2.30 bits per heavy atom. The predicted octanol–water partition coefficient (Wildman–Crippen LogP) is 0.831. The molecule has 1 fully saturated rings. The summed E-state index contributed by atoms with van der Waals surface area (Å²) in [5.41, 5.74) is -1.66. The molecule has 1 aliphatic rings. The van der Waals surface area contributed by atoms with Gasteiger partial charge in [-0.05, 0) is 0 Å². The fourth-order valence-electron chi connectivity index (χ4n) is 0.594. The molecule has 0 aromatic carbocycles. The van der Waals surface area contributed by atoms with Gasteiger partial charge in [-0.15, -0.1) is 0 Å². The Labute approximate surface area is 55.9 Å². The maximum absolute atomic E-state index is 11.9. The second kappa shape index (κ2) is 2.40. The normalized spacial score (nSPS) is 22.0. The lowest BCUT2D eigenvalue weighted by Crippen LogP contribution is -2.36. The van der Waals surface area contributed by atoms with Gasteiger partial charge in [-0.1, -0.05) is 0 Å². The minimum Gasteiger partial charge on any atom is -0.430 e. The van der Waals surface area contributed by atoms with Gasteiger partial charge in [0.1, 0.15) is 20.0 Å². The van der Waals surface area contributed by atoms with Crippen molar-refractivity contribution in [2.75, 3.05) is 20.0 Å². The molecule has 0 aromatic rings. The highest BCUT2D eigenvalue weighted by Gasteiger charge is 2.43. The first-order valence-electron chi connectivity index (χ1n) is 2.70. The van der Waals surface area contributed by atoms with E-state index in [2.05, 4.69) is 9.47 Å². The molecular formula is C5H6F2O3. The number of ether oxygens (including phenoxy) is 2. The zero-order valence-electron chi connectivity index (χ0n) is 5.10. The molecule has 0 unspecified atom stereocenters. The molecule has 1 saturated heterocycles. The summed E-state index contributed by atoms with van der Waals surface area (Å²) in [6.07, 6.45) is -1.00. The number of carbonyl (C=O) groups is 1. The second-order valence-corrected chi connectivity index (χ2v) is 2.09. The van der Waals surface area contributed by atoms with Gasteiger partial charge in [0.25, 0.3) is 0 Å². The number of alkyl halides is 2. The fraction of sp³-hybridized carbons (Fsp3) is 0.800. The fourth-order valence-corrected chi connectivity index (χ4v) is 0.594. The first-order chi connectivity index (χ1) is 4.72. The summed E-state index contributed by atoms with van der Waals surface area (Å²) < 4.78 is 32.3. The van der Waals surface area contributed by atoms with Crippen LogP contribution in [-0.2, 0) is 9.47 Å². The summed E-state index contributed by atoms with van der Waals surface area (Å²) in [6, 6.07) is 0. The lowest BCUT2D eigenvalue weighted by Gasteiger charge is -2.15. The van der Waals surface area contributed by atoms with Gasteiger partial charge in [-0.25, -0.2) is 13.6 Å². The highest BCUT2D eigenvalue weighted by Crippen LogP contribution is 2.20. The van der Waals surface area contributed by atoms with Crippen LogP contribution in [0.15, 0.2) is 0 Å². The van der Waals surface area contributed by atoms with E-state index in [9.17, 15) is 13.6 Å². The van der Waals surface area contributed by atoms with E-state index >= 15 is 0 Å². The molecule has 0 aromatic heterocycles. The van der Waals surface area contributed by atoms with Crippen molar-refractivity contribution in [1.29, 1.82) is 0 Å². The molecule has 0 aliphatic carbocycles. The Kier molecular flexibility index (Phi) is 1.74. The molecule has 1 rings (SSSR count). The Bertz CT molecular complexity index is 144. The molecule has 0 amide bonds. The van der Waals surface area contributed by atoms with Crippen LogP contribution >= 0.6 is 0 Å². The smallest absolute Gasteiger partial charge is 0.430 e. The first-order valence-corrected chi connectivity index (χ1v) is 2.70. The predicted molar refractivity (Wildman–Crippen MR) is 27.1 cm³/mol. The Balaban J connectivity index is 2.59. The molecular weight excluding hydrogens is 146 g/mol. The molecule has 0 spiro atoms. The third-order valence-corrected chi connectivity index (χ3v) is 1.24. The average molecular weight is 152 g/mol. The van der Waals surface area contributed by atoms with Gasteiger partial charge in [0.05, 0.1) is 0 Å². The van der Waals surface area contributed by atoms with Crippen molar-refractivity contribution in [1.82, 2.24) is 0 Å². The van der Waals surface area contributed by atoms with E-state index in [4.69, 9.17) is 0 Å². The highest BCUT2D eigenvalue weighted by atomic mass is 19.1. The Morgan fingerprint density at radius 1 is 1.50 bits per heavy atom. The molecule has 0 radical (unpaired) electrons. The van der Waals surface area contributed by atoms with Crippen LogP contribution < -0.4 is 0 Å². The third kappa shape index (κ3) is 1.03. The van der Waals surface area contributed by atoms with E-state index < -0.39 is 25.1 Å². The molecule has 0 atom stereocenters. The summed E-state index contributed by atoms with van der Waals surface area (Å²) >= 11 is 0. The number of rotatable bonds is 2. The molecule has 0 saturated carbocycles. The van der Waals surface area contributed by atoms with E-state index in [0.29, 0.717) is 0 Å². The van der Waals surface area contributed by atoms with Gasteiger partial charge in [-0.3, -0.25) is 0 Å². The SMILES string of the molecule is O=C1OCC(CF)(CF)O1. The first kappa shape index (κ1) is 7.24. The maximum atomic E-state index is 11.9. The van der Waals surface area contributed by atoms with Crippen LogP contribution in [-0.4, -0.2) is 31.7 Å². The molecule has 3 nitrogen and oxygen atoms in total. The summed E-state index contributed by atoms with van der Waals surface area (Å²) in [4.78, 5) is 10.2. The summed E-state index contributed by atoms with van der Waals surface area (Å²) in [5.74, 6) is 0. The van der Waals surface area contributed by atoms with Crippen molar-refractivity contribution < 1.29 is 23.0 Å². The van der Waals surface area contributed by atoms with Gasteiger partial charge in [0.15, 0.2) is 0 Å². The van der Waals surface area contributed by atoms with E-state index in [1.165, 1.54) is 0 Å². The van der Waals surface area contributed by atoms with Crippen LogP contribution in [0.25, 0.3) is 0 Å². The molecule has 0 N–H and O–H groups in total. The van der Waals surface area contributed by atoms with Crippen molar-refractivity contribution in [3.63, 3.8) is 0 Å². The van der Waals surface area contributed by atoms with Crippen LogP contribution in [0.1, 0.15) is 0 Å². The quantitative estimate of drug-likeness (QED) is 0.550. The van der Waals surface area contributed by atoms with E-state index in [-0.39, 0.29) is 6.61 Å². The second-order valence-electron chi connectivity index (χ2n) is 2.09. The average Bonchev–Trinajstić information content (AvgIpc) is 2.33. The van der Waals surface area contributed by atoms with Crippen LogP contribution in [0.2, 0.25) is 0 Å². The van der Waals surface area contributed by atoms with Crippen LogP contribution in [0.5, 0.6) is 0 Å². The minimum absolute atomic E-state index is 0.334. The zero-order chi connectivity index (χ0) is 7.61. The van der Waals surface area contributed by atoms with Gasteiger partial charge in [0.2, 0.25) is 5.60 Å². The monoisotopic (exact) mass is 152 g/mol. The summed E-state index contributed by atoms with van der Waals surface area (Å²) in [5, 5.41) is 0. The lowest BCUT2D eigenvalue weighted by atomic mass is 10.1. The molecule has 58 valence electrons. The lowest BCUT2D eigenvalue weighted by molar-refractivity contribution is 0.0152. The maximum Gasteiger partial charge on any atom is 0.509 e. The van der Waals surface area contributed by atoms with E-state index in [0.717, 1.165) is 0 Å². The molecule has 1 aliphatic heterocycles. The number of cyclic esters (lactones) is 2.